The minimum atomic E-state index is 0.724. The average molecular weight is 263 g/mol. The Morgan fingerprint density at radius 3 is 2.45 bits per heavy atom. The number of fused-ring (bicyclic) bond motifs is 1. The SMILES string of the molecule is Cc1cc(C)cc(Cn2ccc3cc(C=O)ccc32)c1. The van der Waals surface area contributed by atoms with Gasteiger partial charge in [-0.2, -0.15) is 0 Å². The number of rotatable bonds is 3. The van der Waals surface area contributed by atoms with Gasteiger partial charge in [0.2, 0.25) is 0 Å². The molecule has 2 aromatic carbocycles. The van der Waals surface area contributed by atoms with Gasteiger partial charge in [0.15, 0.2) is 0 Å². The van der Waals surface area contributed by atoms with Gasteiger partial charge in [0.1, 0.15) is 6.29 Å². The van der Waals surface area contributed by atoms with Crippen molar-refractivity contribution in [2.24, 2.45) is 0 Å². The fourth-order valence-electron chi connectivity index (χ4n) is 2.79. The van der Waals surface area contributed by atoms with Crippen LogP contribution in [-0.2, 0) is 6.54 Å². The van der Waals surface area contributed by atoms with Gasteiger partial charge in [0.25, 0.3) is 0 Å². The smallest absolute Gasteiger partial charge is 0.150 e. The summed E-state index contributed by atoms with van der Waals surface area (Å²) in [4.78, 5) is 10.8. The first-order chi connectivity index (χ1) is 9.65. The second-order valence-corrected chi connectivity index (χ2v) is 5.38. The molecule has 0 aliphatic heterocycles. The van der Waals surface area contributed by atoms with Gasteiger partial charge >= 0.3 is 0 Å². The normalized spacial score (nSPS) is 10.9. The highest BCUT2D eigenvalue weighted by molar-refractivity contribution is 5.87. The number of hydrogen-bond acceptors (Lipinski definition) is 1. The van der Waals surface area contributed by atoms with Gasteiger partial charge in [-0.15, -0.1) is 0 Å². The second-order valence-electron chi connectivity index (χ2n) is 5.38. The zero-order valence-corrected chi connectivity index (χ0v) is 11.8. The predicted octanol–water partition coefficient (Wildman–Crippen LogP) is 4.12. The van der Waals surface area contributed by atoms with Crippen molar-refractivity contribution in [3.63, 3.8) is 0 Å². The zero-order chi connectivity index (χ0) is 14.1. The average Bonchev–Trinajstić information content (AvgIpc) is 2.80. The lowest BCUT2D eigenvalue weighted by Gasteiger charge is -2.08. The van der Waals surface area contributed by atoms with E-state index in [2.05, 4.69) is 48.9 Å². The fraction of sp³-hybridized carbons (Fsp3) is 0.167. The molecule has 0 N–H and O–H groups in total. The maximum atomic E-state index is 10.8. The van der Waals surface area contributed by atoms with Crippen molar-refractivity contribution in [3.8, 4) is 0 Å². The molecular weight excluding hydrogens is 246 g/mol. The summed E-state index contributed by atoms with van der Waals surface area (Å²) in [7, 11) is 0. The first kappa shape index (κ1) is 12.7. The molecule has 0 atom stereocenters. The number of carbonyl (C=O) groups excluding carboxylic acids is 1. The topological polar surface area (TPSA) is 22.0 Å². The monoisotopic (exact) mass is 263 g/mol. The van der Waals surface area contributed by atoms with Crippen LogP contribution < -0.4 is 0 Å². The van der Waals surface area contributed by atoms with Crippen LogP contribution in [-0.4, -0.2) is 10.9 Å². The number of nitrogens with zero attached hydrogens (tertiary/aromatic N) is 1. The minimum Gasteiger partial charge on any atom is -0.343 e. The summed E-state index contributed by atoms with van der Waals surface area (Å²) in [5.74, 6) is 0. The third-order valence-electron chi connectivity index (χ3n) is 3.57. The quantitative estimate of drug-likeness (QED) is 0.651. The molecule has 1 heterocycles. The van der Waals surface area contributed by atoms with Gasteiger partial charge in [0.05, 0.1) is 0 Å². The molecule has 0 radical (unpaired) electrons. The second kappa shape index (κ2) is 4.97. The Labute approximate surface area is 118 Å². The highest BCUT2D eigenvalue weighted by Crippen LogP contribution is 2.19. The van der Waals surface area contributed by atoms with Crippen molar-refractivity contribution in [3.05, 3.63) is 70.9 Å². The molecule has 0 saturated heterocycles. The van der Waals surface area contributed by atoms with E-state index < -0.39 is 0 Å². The van der Waals surface area contributed by atoms with Gasteiger partial charge in [-0.05, 0) is 43.7 Å². The molecule has 0 spiro atoms. The van der Waals surface area contributed by atoms with Crippen LogP contribution >= 0.6 is 0 Å². The predicted molar refractivity (Wildman–Crippen MR) is 82.3 cm³/mol. The molecule has 2 nitrogen and oxygen atoms in total. The third kappa shape index (κ3) is 2.37. The van der Waals surface area contributed by atoms with Crippen LogP contribution in [0.1, 0.15) is 27.0 Å². The van der Waals surface area contributed by atoms with Gasteiger partial charge in [-0.1, -0.05) is 29.3 Å². The molecule has 0 aliphatic carbocycles. The summed E-state index contributed by atoms with van der Waals surface area (Å²) in [6.07, 6.45) is 2.97. The van der Waals surface area contributed by atoms with E-state index in [1.165, 1.54) is 16.7 Å². The molecule has 3 aromatic rings. The molecule has 20 heavy (non-hydrogen) atoms. The number of aryl methyl sites for hydroxylation is 2. The van der Waals surface area contributed by atoms with E-state index in [9.17, 15) is 4.79 Å². The maximum Gasteiger partial charge on any atom is 0.150 e. The van der Waals surface area contributed by atoms with Crippen LogP contribution in [0.5, 0.6) is 0 Å². The van der Waals surface area contributed by atoms with E-state index in [1.807, 2.05) is 18.2 Å². The summed E-state index contributed by atoms with van der Waals surface area (Å²) < 4.78 is 2.22. The van der Waals surface area contributed by atoms with Crippen LogP contribution in [0.15, 0.2) is 48.7 Å². The van der Waals surface area contributed by atoms with E-state index in [4.69, 9.17) is 0 Å². The summed E-state index contributed by atoms with van der Waals surface area (Å²) in [5.41, 5.74) is 5.77. The Morgan fingerprint density at radius 2 is 1.75 bits per heavy atom. The number of aldehydes is 1. The van der Waals surface area contributed by atoms with Gasteiger partial charge in [-0.3, -0.25) is 4.79 Å². The highest BCUT2D eigenvalue weighted by atomic mass is 16.1. The molecule has 0 bridgehead atoms. The van der Waals surface area contributed by atoms with Crippen molar-refractivity contribution >= 4 is 17.2 Å². The molecule has 100 valence electrons. The van der Waals surface area contributed by atoms with Crippen LogP contribution in [0.4, 0.5) is 0 Å². The number of carbonyl (C=O) groups is 1. The lowest BCUT2D eigenvalue weighted by molar-refractivity contribution is 0.112. The largest absolute Gasteiger partial charge is 0.343 e. The molecule has 0 fully saturated rings. The van der Waals surface area contributed by atoms with Crippen LogP contribution in [0.3, 0.4) is 0 Å². The van der Waals surface area contributed by atoms with Crippen LogP contribution in [0.2, 0.25) is 0 Å². The number of aromatic nitrogens is 1. The summed E-state index contributed by atoms with van der Waals surface area (Å²) >= 11 is 0. The van der Waals surface area contributed by atoms with Crippen LogP contribution in [0, 0.1) is 13.8 Å². The van der Waals surface area contributed by atoms with E-state index in [0.29, 0.717) is 0 Å². The summed E-state index contributed by atoms with van der Waals surface area (Å²) in [5, 5.41) is 1.11. The Hall–Kier alpha value is -2.35. The number of benzene rings is 2. The molecular formula is C18H17NO. The lowest BCUT2D eigenvalue weighted by Crippen LogP contribution is -1.98. The van der Waals surface area contributed by atoms with Crippen molar-refractivity contribution < 1.29 is 4.79 Å². The van der Waals surface area contributed by atoms with E-state index >= 15 is 0 Å². The Bertz CT molecular complexity index is 763. The van der Waals surface area contributed by atoms with Crippen molar-refractivity contribution in [1.82, 2.24) is 4.57 Å². The summed E-state index contributed by atoms with van der Waals surface area (Å²) in [6, 6.07) is 14.5. The van der Waals surface area contributed by atoms with E-state index in [0.717, 1.165) is 29.3 Å². The van der Waals surface area contributed by atoms with Crippen molar-refractivity contribution in [2.45, 2.75) is 20.4 Å². The first-order valence-electron chi connectivity index (χ1n) is 6.77. The molecule has 0 unspecified atom stereocenters. The third-order valence-corrected chi connectivity index (χ3v) is 3.57. The Balaban J connectivity index is 2.00. The molecule has 1 aromatic heterocycles. The fourth-order valence-corrected chi connectivity index (χ4v) is 2.79. The molecule has 2 heteroatoms. The maximum absolute atomic E-state index is 10.8. The first-order valence-corrected chi connectivity index (χ1v) is 6.77. The minimum absolute atomic E-state index is 0.724. The molecule has 0 aliphatic rings. The standard InChI is InChI=1S/C18H17NO/c1-13-7-14(2)9-16(8-13)11-19-6-5-17-10-15(12-20)3-4-18(17)19/h3-10,12H,11H2,1-2H3. The lowest BCUT2D eigenvalue weighted by atomic mass is 10.1. The van der Waals surface area contributed by atoms with Crippen molar-refractivity contribution in [2.75, 3.05) is 0 Å². The highest BCUT2D eigenvalue weighted by Gasteiger charge is 2.04. The van der Waals surface area contributed by atoms with Gasteiger partial charge in [0, 0.05) is 29.2 Å². The zero-order valence-electron chi connectivity index (χ0n) is 11.8. The summed E-state index contributed by atoms with van der Waals surface area (Å²) in [6.45, 7) is 5.10. The van der Waals surface area contributed by atoms with Gasteiger partial charge < -0.3 is 4.57 Å². The van der Waals surface area contributed by atoms with E-state index in [1.54, 1.807) is 0 Å². The van der Waals surface area contributed by atoms with E-state index in [-0.39, 0.29) is 0 Å². The van der Waals surface area contributed by atoms with Crippen LogP contribution in [0.25, 0.3) is 10.9 Å². The Kier molecular flexibility index (Phi) is 3.15. The van der Waals surface area contributed by atoms with Gasteiger partial charge in [-0.25, -0.2) is 0 Å². The Morgan fingerprint density at radius 1 is 1.00 bits per heavy atom. The molecule has 3 rings (SSSR count). The molecule has 0 amide bonds. The molecule has 0 saturated carbocycles. The number of hydrogen-bond donors (Lipinski definition) is 0. The van der Waals surface area contributed by atoms with Crippen molar-refractivity contribution in [1.29, 1.82) is 0 Å².